The SMILES string of the molecule is CCOC(=O)[C@@H](NC(=O)OCC1c2ccccc2-c2ccccc21)C(C)C. The predicted octanol–water partition coefficient (Wildman–Crippen LogP) is 4.11. The van der Waals surface area contributed by atoms with E-state index in [0.717, 1.165) is 11.1 Å². The molecule has 0 aliphatic heterocycles. The summed E-state index contributed by atoms with van der Waals surface area (Å²) in [5.74, 6) is -0.547. The van der Waals surface area contributed by atoms with Crippen molar-refractivity contribution in [3.8, 4) is 11.1 Å². The molecule has 3 rings (SSSR count). The fourth-order valence-corrected chi connectivity index (χ4v) is 3.50. The van der Waals surface area contributed by atoms with Crippen molar-refractivity contribution in [2.24, 2.45) is 5.92 Å². The van der Waals surface area contributed by atoms with Crippen LogP contribution in [-0.4, -0.2) is 31.3 Å². The minimum absolute atomic E-state index is 0.0109. The van der Waals surface area contributed by atoms with Crippen LogP contribution in [0.3, 0.4) is 0 Å². The smallest absolute Gasteiger partial charge is 0.407 e. The topological polar surface area (TPSA) is 64.6 Å². The second-order valence-corrected chi connectivity index (χ2v) is 6.94. The molecule has 5 nitrogen and oxygen atoms in total. The van der Waals surface area contributed by atoms with Gasteiger partial charge in [0.15, 0.2) is 0 Å². The van der Waals surface area contributed by atoms with Crippen molar-refractivity contribution in [2.75, 3.05) is 13.2 Å². The number of alkyl carbamates (subject to hydrolysis) is 1. The van der Waals surface area contributed by atoms with Crippen LogP contribution in [0, 0.1) is 5.92 Å². The monoisotopic (exact) mass is 367 g/mol. The lowest BCUT2D eigenvalue weighted by molar-refractivity contribution is -0.146. The molecule has 142 valence electrons. The molecule has 0 radical (unpaired) electrons. The zero-order chi connectivity index (χ0) is 19.4. The van der Waals surface area contributed by atoms with Gasteiger partial charge in [0.2, 0.25) is 0 Å². The Bertz CT molecular complexity index is 785. The first-order valence-corrected chi connectivity index (χ1v) is 9.31. The molecule has 27 heavy (non-hydrogen) atoms. The molecular formula is C22H25NO4. The number of hydrogen-bond acceptors (Lipinski definition) is 4. The van der Waals surface area contributed by atoms with Gasteiger partial charge in [-0.25, -0.2) is 9.59 Å². The van der Waals surface area contributed by atoms with E-state index in [1.165, 1.54) is 11.1 Å². The number of carbonyl (C=O) groups is 2. The Balaban J connectivity index is 1.69. The number of rotatable bonds is 6. The number of carbonyl (C=O) groups excluding carboxylic acids is 2. The minimum Gasteiger partial charge on any atom is -0.464 e. The number of esters is 1. The molecule has 2 aromatic carbocycles. The maximum Gasteiger partial charge on any atom is 0.407 e. The lowest BCUT2D eigenvalue weighted by atomic mass is 9.98. The van der Waals surface area contributed by atoms with E-state index in [0.29, 0.717) is 0 Å². The molecular weight excluding hydrogens is 342 g/mol. The van der Waals surface area contributed by atoms with Crippen LogP contribution in [0.15, 0.2) is 48.5 Å². The Labute approximate surface area is 159 Å². The van der Waals surface area contributed by atoms with Crippen LogP contribution in [0.4, 0.5) is 4.79 Å². The first kappa shape index (κ1) is 19.0. The van der Waals surface area contributed by atoms with E-state index in [1.54, 1.807) is 6.92 Å². The van der Waals surface area contributed by atoms with E-state index in [9.17, 15) is 9.59 Å². The highest BCUT2D eigenvalue weighted by molar-refractivity contribution is 5.82. The minimum atomic E-state index is -0.722. The van der Waals surface area contributed by atoms with Gasteiger partial charge in [-0.2, -0.15) is 0 Å². The first-order chi connectivity index (χ1) is 13.0. The van der Waals surface area contributed by atoms with Crippen molar-refractivity contribution in [1.82, 2.24) is 5.32 Å². The van der Waals surface area contributed by atoms with E-state index in [-0.39, 0.29) is 25.0 Å². The second-order valence-electron chi connectivity index (χ2n) is 6.94. The summed E-state index contributed by atoms with van der Waals surface area (Å²) in [5.41, 5.74) is 4.65. The maximum absolute atomic E-state index is 12.3. The summed E-state index contributed by atoms with van der Waals surface area (Å²) in [5, 5.41) is 2.64. The van der Waals surface area contributed by atoms with Crippen molar-refractivity contribution >= 4 is 12.1 Å². The summed E-state index contributed by atoms with van der Waals surface area (Å²) in [4.78, 5) is 24.3. The van der Waals surface area contributed by atoms with E-state index in [2.05, 4.69) is 29.6 Å². The summed E-state index contributed by atoms with van der Waals surface area (Å²) < 4.78 is 10.5. The quantitative estimate of drug-likeness (QED) is 0.780. The predicted molar refractivity (Wildman–Crippen MR) is 103 cm³/mol. The molecule has 0 aromatic heterocycles. The van der Waals surface area contributed by atoms with E-state index >= 15 is 0 Å². The van der Waals surface area contributed by atoms with Crippen molar-refractivity contribution < 1.29 is 19.1 Å². The third-order valence-corrected chi connectivity index (χ3v) is 4.82. The average Bonchev–Trinajstić information content (AvgIpc) is 2.98. The standard InChI is InChI=1S/C22H25NO4/c1-4-26-21(24)20(14(2)3)23-22(25)27-13-19-17-11-7-5-9-15(17)16-10-6-8-12-18(16)19/h5-12,14,19-20H,4,13H2,1-3H3,(H,23,25)/t20-/m0/s1. The molecule has 1 amide bonds. The summed E-state index contributed by atoms with van der Waals surface area (Å²) in [6.45, 7) is 5.93. The molecule has 1 aliphatic carbocycles. The molecule has 0 saturated heterocycles. The fraction of sp³-hybridized carbons (Fsp3) is 0.364. The van der Waals surface area contributed by atoms with Gasteiger partial charge in [-0.05, 0) is 35.1 Å². The second kappa shape index (κ2) is 8.25. The summed E-state index contributed by atoms with van der Waals surface area (Å²) in [6.07, 6.45) is -0.608. The van der Waals surface area contributed by atoms with Gasteiger partial charge in [0, 0.05) is 5.92 Å². The summed E-state index contributed by atoms with van der Waals surface area (Å²) in [6, 6.07) is 15.6. The van der Waals surface area contributed by atoms with Crippen LogP contribution in [0.2, 0.25) is 0 Å². The lowest BCUT2D eigenvalue weighted by Gasteiger charge is -2.21. The summed E-state index contributed by atoms with van der Waals surface area (Å²) >= 11 is 0. The summed E-state index contributed by atoms with van der Waals surface area (Å²) in [7, 11) is 0. The van der Waals surface area contributed by atoms with Gasteiger partial charge in [-0.1, -0.05) is 62.4 Å². The molecule has 1 atom stereocenters. The van der Waals surface area contributed by atoms with Crippen LogP contribution in [0.1, 0.15) is 37.8 Å². The van der Waals surface area contributed by atoms with Gasteiger partial charge < -0.3 is 14.8 Å². The molecule has 0 saturated carbocycles. The van der Waals surface area contributed by atoms with E-state index in [4.69, 9.17) is 9.47 Å². The van der Waals surface area contributed by atoms with Crippen LogP contribution < -0.4 is 5.32 Å². The van der Waals surface area contributed by atoms with Gasteiger partial charge in [0.05, 0.1) is 6.61 Å². The highest BCUT2D eigenvalue weighted by Gasteiger charge is 2.30. The van der Waals surface area contributed by atoms with Crippen LogP contribution in [0.25, 0.3) is 11.1 Å². The van der Waals surface area contributed by atoms with Crippen LogP contribution >= 0.6 is 0 Å². The number of fused-ring (bicyclic) bond motifs is 3. The molecule has 5 heteroatoms. The largest absolute Gasteiger partial charge is 0.464 e. The fourth-order valence-electron chi connectivity index (χ4n) is 3.50. The lowest BCUT2D eigenvalue weighted by Crippen LogP contribution is -2.45. The van der Waals surface area contributed by atoms with Gasteiger partial charge in [-0.3, -0.25) is 0 Å². The number of ether oxygens (including phenoxy) is 2. The van der Waals surface area contributed by atoms with E-state index in [1.807, 2.05) is 38.1 Å². The van der Waals surface area contributed by atoms with Crippen LogP contribution in [0.5, 0.6) is 0 Å². The van der Waals surface area contributed by atoms with Gasteiger partial charge in [0.1, 0.15) is 12.6 Å². The van der Waals surface area contributed by atoms with Crippen molar-refractivity contribution in [2.45, 2.75) is 32.7 Å². The third kappa shape index (κ3) is 3.97. The molecule has 0 heterocycles. The maximum atomic E-state index is 12.3. The molecule has 0 spiro atoms. The number of hydrogen-bond donors (Lipinski definition) is 1. The highest BCUT2D eigenvalue weighted by Crippen LogP contribution is 2.44. The van der Waals surface area contributed by atoms with Crippen molar-refractivity contribution in [3.05, 3.63) is 59.7 Å². The molecule has 1 N–H and O–H groups in total. The Morgan fingerprint density at radius 3 is 2.04 bits per heavy atom. The van der Waals surface area contributed by atoms with Gasteiger partial charge in [-0.15, -0.1) is 0 Å². The third-order valence-electron chi connectivity index (χ3n) is 4.82. The molecule has 2 aromatic rings. The number of benzene rings is 2. The Kier molecular flexibility index (Phi) is 5.79. The first-order valence-electron chi connectivity index (χ1n) is 9.31. The highest BCUT2D eigenvalue weighted by atomic mass is 16.6. The Hall–Kier alpha value is -2.82. The molecule has 1 aliphatic rings. The Morgan fingerprint density at radius 1 is 0.963 bits per heavy atom. The zero-order valence-corrected chi connectivity index (χ0v) is 15.9. The van der Waals surface area contributed by atoms with E-state index < -0.39 is 18.1 Å². The van der Waals surface area contributed by atoms with Crippen molar-refractivity contribution in [3.63, 3.8) is 0 Å². The average molecular weight is 367 g/mol. The molecule has 0 unspecified atom stereocenters. The van der Waals surface area contributed by atoms with Gasteiger partial charge in [0.25, 0.3) is 0 Å². The molecule has 0 bridgehead atoms. The van der Waals surface area contributed by atoms with Crippen LogP contribution in [-0.2, 0) is 14.3 Å². The number of amides is 1. The van der Waals surface area contributed by atoms with Gasteiger partial charge >= 0.3 is 12.1 Å². The number of nitrogens with one attached hydrogen (secondary N) is 1. The van der Waals surface area contributed by atoms with Crippen molar-refractivity contribution in [1.29, 1.82) is 0 Å². The Morgan fingerprint density at radius 2 is 1.52 bits per heavy atom. The molecule has 0 fully saturated rings. The normalized spacial score (nSPS) is 13.6. The zero-order valence-electron chi connectivity index (χ0n) is 15.9.